The van der Waals surface area contributed by atoms with Crippen LogP contribution in [0.25, 0.3) is 0 Å². The van der Waals surface area contributed by atoms with Crippen LogP contribution in [0.3, 0.4) is 0 Å². The van der Waals surface area contributed by atoms with Crippen LogP contribution in [-0.2, 0) is 0 Å². The minimum absolute atomic E-state index is 0.259. The summed E-state index contributed by atoms with van der Waals surface area (Å²) in [7, 11) is 0. The van der Waals surface area contributed by atoms with Gasteiger partial charge in [0, 0.05) is 13.2 Å². The molecule has 1 saturated carbocycles. The van der Waals surface area contributed by atoms with Gasteiger partial charge in [-0.2, -0.15) is 0 Å². The lowest BCUT2D eigenvalue weighted by molar-refractivity contribution is 0.253. The summed E-state index contributed by atoms with van der Waals surface area (Å²) in [6.45, 7) is 5.62. The van der Waals surface area contributed by atoms with Gasteiger partial charge in [-0.3, -0.25) is 0 Å². The summed E-state index contributed by atoms with van der Waals surface area (Å²) in [6.07, 6.45) is 4.75. The van der Waals surface area contributed by atoms with Gasteiger partial charge in [0.2, 0.25) is 5.88 Å². The summed E-state index contributed by atoms with van der Waals surface area (Å²) < 4.78 is 5.44. The summed E-state index contributed by atoms with van der Waals surface area (Å²) in [4.78, 5) is 8.36. The molecule has 0 aliphatic heterocycles. The molecule has 1 aromatic rings. The maximum atomic E-state index is 9.03. The molecule has 0 atom stereocenters. The van der Waals surface area contributed by atoms with E-state index in [4.69, 9.17) is 9.84 Å². The first-order valence-electron chi connectivity index (χ1n) is 6.50. The molecule has 1 aromatic heterocycles. The fourth-order valence-corrected chi connectivity index (χ4v) is 2.09. The molecule has 1 heterocycles. The highest BCUT2D eigenvalue weighted by Crippen LogP contribution is 2.48. The molecule has 100 valence electrons. The minimum Gasteiger partial charge on any atom is -0.478 e. The molecule has 1 fully saturated rings. The fourth-order valence-electron chi connectivity index (χ4n) is 2.09. The molecular formula is C13H21N3O2. The lowest BCUT2D eigenvalue weighted by Crippen LogP contribution is -2.18. The number of hydrogen-bond acceptors (Lipinski definition) is 5. The first-order chi connectivity index (χ1) is 8.71. The van der Waals surface area contributed by atoms with Gasteiger partial charge >= 0.3 is 0 Å². The molecule has 5 heteroatoms. The Morgan fingerprint density at radius 3 is 2.83 bits per heavy atom. The van der Waals surface area contributed by atoms with Gasteiger partial charge in [0.25, 0.3) is 0 Å². The van der Waals surface area contributed by atoms with Crippen molar-refractivity contribution in [2.45, 2.75) is 33.1 Å². The molecule has 2 rings (SSSR count). The maximum Gasteiger partial charge on any atom is 0.221 e. The van der Waals surface area contributed by atoms with Crippen molar-refractivity contribution in [2.24, 2.45) is 5.41 Å². The quantitative estimate of drug-likeness (QED) is 0.773. The molecule has 0 bridgehead atoms. The van der Waals surface area contributed by atoms with Gasteiger partial charge in [-0.1, -0.05) is 0 Å². The third kappa shape index (κ3) is 2.90. The predicted molar refractivity (Wildman–Crippen MR) is 69.8 cm³/mol. The number of nitrogens with one attached hydrogen (secondary N) is 1. The molecule has 0 radical (unpaired) electrons. The van der Waals surface area contributed by atoms with Crippen molar-refractivity contribution >= 4 is 5.82 Å². The SMILES string of the molecule is CCOc1ncnc(NCC2(CCO)CC2)c1C. The van der Waals surface area contributed by atoms with Crippen molar-refractivity contribution in [3.05, 3.63) is 11.9 Å². The van der Waals surface area contributed by atoms with Crippen molar-refractivity contribution in [1.82, 2.24) is 9.97 Å². The number of aliphatic hydroxyl groups excluding tert-OH is 1. The van der Waals surface area contributed by atoms with Gasteiger partial charge in [-0.25, -0.2) is 9.97 Å². The van der Waals surface area contributed by atoms with Gasteiger partial charge in [-0.15, -0.1) is 0 Å². The van der Waals surface area contributed by atoms with Gasteiger partial charge in [0.1, 0.15) is 12.1 Å². The smallest absolute Gasteiger partial charge is 0.221 e. The molecule has 1 aliphatic carbocycles. The molecule has 18 heavy (non-hydrogen) atoms. The Hall–Kier alpha value is -1.36. The van der Waals surface area contributed by atoms with Crippen molar-refractivity contribution in [3.8, 4) is 5.88 Å². The summed E-state index contributed by atoms with van der Waals surface area (Å²) in [5, 5.41) is 12.4. The Morgan fingerprint density at radius 1 is 1.44 bits per heavy atom. The van der Waals surface area contributed by atoms with Crippen molar-refractivity contribution in [1.29, 1.82) is 0 Å². The monoisotopic (exact) mass is 251 g/mol. The van der Waals surface area contributed by atoms with E-state index in [1.807, 2.05) is 13.8 Å². The number of ether oxygens (including phenoxy) is 1. The highest BCUT2D eigenvalue weighted by molar-refractivity contribution is 5.47. The van der Waals surface area contributed by atoms with E-state index >= 15 is 0 Å². The van der Waals surface area contributed by atoms with Gasteiger partial charge in [0.05, 0.1) is 12.2 Å². The zero-order chi connectivity index (χ0) is 13.0. The molecule has 0 spiro atoms. The zero-order valence-corrected chi connectivity index (χ0v) is 11.1. The summed E-state index contributed by atoms with van der Waals surface area (Å²) in [6, 6.07) is 0. The standard InChI is InChI=1S/C13H21N3O2/c1-3-18-12-10(2)11(15-9-16-12)14-8-13(4-5-13)6-7-17/h9,17H,3-8H2,1-2H3,(H,14,15,16). The van der Waals surface area contributed by atoms with E-state index in [1.165, 1.54) is 19.2 Å². The average Bonchev–Trinajstić information content (AvgIpc) is 3.11. The van der Waals surface area contributed by atoms with Gasteiger partial charge in [-0.05, 0) is 38.5 Å². The lowest BCUT2D eigenvalue weighted by Gasteiger charge is -2.16. The molecule has 0 saturated heterocycles. The highest BCUT2D eigenvalue weighted by Gasteiger charge is 2.41. The Balaban J connectivity index is 1.99. The number of rotatable bonds is 7. The molecule has 1 aliphatic rings. The molecule has 0 aromatic carbocycles. The van der Waals surface area contributed by atoms with E-state index in [1.54, 1.807) is 0 Å². The van der Waals surface area contributed by atoms with E-state index in [0.717, 1.165) is 24.3 Å². The number of hydrogen-bond donors (Lipinski definition) is 2. The van der Waals surface area contributed by atoms with E-state index in [0.29, 0.717) is 12.5 Å². The van der Waals surface area contributed by atoms with Crippen LogP contribution in [0.4, 0.5) is 5.82 Å². The maximum absolute atomic E-state index is 9.03. The van der Waals surface area contributed by atoms with Crippen molar-refractivity contribution in [3.63, 3.8) is 0 Å². The largest absolute Gasteiger partial charge is 0.478 e. The second kappa shape index (κ2) is 5.52. The number of aromatic nitrogens is 2. The fraction of sp³-hybridized carbons (Fsp3) is 0.692. The van der Waals surface area contributed by atoms with Crippen molar-refractivity contribution in [2.75, 3.05) is 25.1 Å². The first-order valence-corrected chi connectivity index (χ1v) is 6.50. The molecule has 0 amide bonds. The van der Waals surface area contributed by atoms with E-state index in [-0.39, 0.29) is 12.0 Å². The van der Waals surface area contributed by atoms with Crippen LogP contribution in [0.15, 0.2) is 6.33 Å². The molecular weight excluding hydrogens is 230 g/mol. The second-order valence-corrected chi connectivity index (χ2v) is 4.91. The van der Waals surface area contributed by atoms with Crippen LogP contribution in [0.5, 0.6) is 5.88 Å². The number of anilines is 1. The Labute approximate surface area is 108 Å². The molecule has 2 N–H and O–H groups in total. The third-order valence-corrected chi connectivity index (χ3v) is 3.55. The lowest BCUT2D eigenvalue weighted by atomic mass is 10.0. The van der Waals surface area contributed by atoms with Crippen LogP contribution in [-0.4, -0.2) is 34.8 Å². The summed E-state index contributed by atoms with van der Waals surface area (Å²) in [5.41, 5.74) is 1.22. The Bertz CT molecular complexity index is 405. The van der Waals surface area contributed by atoms with Gasteiger partial charge in [0.15, 0.2) is 0 Å². The van der Waals surface area contributed by atoms with E-state index in [2.05, 4.69) is 15.3 Å². The Morgan fingerprint density at radius 2 is 2.22 bits per heavy atom. The second-order valence-electron chi connectivity index (χ2n) is 4.91. The third-order valence-electron chi connectivity index (χ3n) is 3.55. The zero-order valence-electron chi connectivity index (χ0n) is 11.1. The minimum atomic E-state index is 0.259. The predicted octanol–water partition coefficient (Wildman–Crippen LogP) is 1.76. The molecule has 5 nitrogen and oxygen atoms in total. The van der Waals surface area contributed by atoms with Crippen LogP contribution in [0.1, 0.15) is 31.7 Å². The first kappa shape index (κ1) is 13.1. The van der Waals surface area contributed by atoms with Gasteiger partial charge < -0.3 is 15.2 Å². The van der Waals surface area contributed by atoms with E-state index in [9.17, 15) is 0 Å². The van der Waals surface area contributed by atoms with Crippen molar-refractivity contribution < 1.29 is 9.84 Å². The summed E-state index contributed by atoms with van der Waals surface area (Å²) >= 11 is 0. The van der Waals surface area contributed by atoms with Crippen LogP contribution in [0, 0.1) is 12.3 Å². The topological polar surface area (TPSA) is 67.3 Å². The summed E-state index contributed by atoms with van der Waals surface area (Å²) in [5.74, 6) is 1.47. The van der Waals surface area contributed by atoms with E-state index < -0.39 is 0 Å². The van der Waals surface area contributed by atoms with Crippen LogP contribution < -0.4 is 10.1 Å². The van der Waals surface area contributed by atoms with Crippen LogP contribution in [0.2, 0.25) is 0 Å². The van der Waals surface area contributed by atoms with Crippen LogP contribution >= 0.6 is 0 Å². The number of nitrogens with zero attached hydrogens (tertiary/aromatic N) is 2. The number of aliphatic hydroxyl groups is 1. The molecule has 0 unspecified atom stereocenters. The normalized spacial score (nSPS) is 16.4. The average molecular weight is 251 g/mol. The highest BCUT2D eigenvalue weighted by atomic mass is 16.5. The Kier molecular flexibility index (Phi) is 4.01.